The number of fused-ring (bicyclic) bond motifs is 3. The summed E-state index contributed by atoms with van der Waals surface area (Å²) < 4.78 is 27.7. The fourth-order valence-corrected chi connectivity index (χ4v) is 5.18. The molecule has 0 radical (unpaired) electrons. The van der Waals surface area contributed by atoms with E-state index in [1.165, 1.54) is 11.6 Å². The van der Waals surface area contributed by atoms with Gasteiger partial charge in [-0.05, 0) is 36.2 Å². The van der Waals surface area contributed by atoms with Crippen LogP contribution in [0.4, 0.5) is 0 Å². The summed E-state index contributed by atoms with van der Waals surface area (Å²) in [4.78, 5) is 26.6. The van der Waals surface area contributed by atoms with Gasteiger partial charge in [-0.25, -0.2) is 4.79 Å². The number of ether oxygens (including phenoxy) is 4. The number of methoxy groups -OCH3 is 3. The SMILES string of the molecule is COc1cc([C@@H]2OCCn3c(-c4cccc(C)c4)c4c(=O)n(C)c(=O)n(C)c4c32)cc(OC)c1OC. The number of nitrogens with zero attached hydrogens (tertiary/aromatic N) is 3. The molecule has 0 saturated carbocycles. The molecule has 1 atom stereocenters. The molecule has 1 aliphatic rings. The molecule has 0 spiro atoms. The van der Waals surface area contributed by atoms with Crippen LogP contribution in [0.3, 0.4) is 0 Å². The van der Waals surface area contributed by atoms with Crippen molar-refractivity contribution in [3.8, 4) is 28.5 Å². The summed E-state index contributed by atoms with van der Waals surface area (Å²) >= 11 is 0. The second-order valence-corrected chi connectivity index (χ2v) is 8.89. The molecule has 2 aromatic carbocycles. The minimum absolute atomic E-state index is 0.338. The predicted octanol–water partition coefficient (Wildman–Crippen LogP) is 3.16. The van der Waals surface area contributed by atoms with E-state index in [0.29, 0.717) is 41.3 Å². The maximum absolute atomic E-state index is 13.6. The van der Waals surface area contributed by atoms with E-state index < -0.39 is 11.8 Å². The van der Waals surface area contributed by atoms with Crippen LogP contribution in [0.2, 0.25) is 0 Å². The molecule has 0 saturated heterocycles. The van der Waals surface area contributed by atoms with Gasteiger partial charge in [-0.2, -0.15) is 0 Å². The Morgan fingerprint density at radius 2 is 1.64 bits per heavy atom. The lowest BCUT2D eigenvalue weighted by Crippen LogP contribution is -2.37. The number of aromatic nitrogens is 3. The van der Waals surface area contributed by atoms with E-state index in [0.717, 1.165) is 32.6 Å². The first-order chi connectivity index (χ1) is 17.3. The third kappa shape index (κ3) is 3.42. The molecular weight excluding hydrogens is 462 g/mol. The largest absolute Gasteiger partial charge is 0.493 e. The van der Waals surface area contributed by atoms with Gasteiger partial charge in [0.2, 0.25) is 5.75 Å². The molecule has 0 N–H and O–H groups in total. The van der Waals surface area contributed by atoms with Crippen molar-refractivity contribution in [1.29, 1.82) is 0 Å². The normalized spacial score (nSPS) is 15.1. The van der Waals surface area contributed by atoms with Crippen LogP contribution in [0.1, 0.15) is 22.9 Å². The molecule has 36 heavy (non-hydrogen) atoms. The van der Waals surface area contributed by atoms with Gasteiger partial charge in [0.15, 0.2) is 11.5 Å². The Labute approximate surface area is 208 Å². The molecule has 9 heteroatoms. The van der Waals surface area contributed by atoms with Crippen LogP contribution in [0, 0.1) is 6.92 Å². The van der Waals surface area contributed by atoms with Crippen molar-refractivity contribution < 1.29 is 18.9 Å². The molecule has 0 bridgehead atoms. The second-order valence-electron chi connectivity index (χ2n) is 8.89. The van der Waals surface area contributed by atoms with Crippen LogP contribution in [0.25, 0.3) is 22.2 Å². The van der Waals surface area contributed by atoms with Crippen molar-refractivity contribution in [3.05, 3.63) is 74.1 Å². The highest BCUT2D eigenvalue weighted by atomic mass is 16.5. The van der Waals surface area contributed by atoms with E-state index in [1.54, 1.807) is 28.4 Å². The van der Waals surface area contributed by atoms with Crippen LogP contribution < -0.4 is 25.5 Å². The summed E-state index contributed by atoms with van der Waals surface area (Å²) in [6.45, 7) is 2.97. The fraction of sp³-hybridized carbons (Fsp3) is 0.333. The first-order valence-electron chi connectivity index (χ1n) is 11.6. The molecule has 188 valence electrons. The van der Waals surface area contributed by atoms with E-state index in [1.807, 2.05) is 37.3 Å². The first kappa shape index (κ1) is 23.7. The third-order valence-electron chi connectivity index (χ3n) is 6.83. The number of rotatable bonds is 5. The first-order valence-corrected chi connectivity index (χ1v) is 11.6. The van der Waals surface area contributed by atoms with Crippen LogP contribution in [-0.2, 0) is 25.4 Å². The van der Waals surface area contributed by atoms with E-state index in [2.05, 4.69) is 10.6 Å². The van der Waals surface area contributed by atoms with Crippen LogP contribution in [0.5, 0.6) is 17.2 Å². The maximum Gasteiger partial charge on any atom is 0.331 e. The Balaban J connectivity index is 1.90. The quantitative estimate of drug-likeness (QED) is 0.426. The van der Waals surface area contributed by atoms with Crippen molar-refractivity contribution >= 4 is 10.9 Å². The standard InChI is InChI=1S/C27H29N3O6/c1-15-8-7-9-16(12-15)21-20-22(28(2)27(32)29(3)26(20)31)23-24(36-11-10-30(21)23)17-13-18(33-4)25(35-6)19(14-17)34-5/h7-9,12-14,24H,10-11H2,1-6H3/t24-/m0/s1. The zero-order valence-corrected chi connectivity index (χ0v) is 21.2. The summed E-state index contributed by atoms with van der Waals surface area (Å²) in [5.74, 6) is 1.46. The van der Waals surface area contributed by atoms with Crippen LogP contribution in [-0.4, -0.2) is 41.6 Å². The summed E-state index contributed by atoms with van der Waals surface area (Å²) in [7, 11) is 7.86. The van der Waals surface area contributed by atoms with Crippen LogP contribution >= 0.6 is 0 Å². The zero-order valence-electron chi connectivity index (χ0n) is 21.2. The van der Waals surface area contributed by atoms with Crippen molar-refractivity contribution in [3.63, 3.8) is 0 Å². The molecule has 0 unspecified atom stereocenters. The smallest absolute Gasteiger partial charge is 0.331 e. The Morgan fingerprint density at radius 3 is 2.25 bits per heavy atom. The zero-order chi connectivity index (χ0) is 25.7. The van der Waals surface area contributed by atoms with Gasteiger partial charge in [0, 0.05) is 20.6 Å². The summed E-state index contributed by atoms with van der Waals surface area (Å²) in [5.41, 5.74) is 4.08. The van der Waals surface area contributed by atoms with Gasteiger partial charge in [0.05, 0.1) is 50.2 Å². The minimum Gasteiger partial charge on any atom is -0.493 e. The molecule has 0 fully saturated rings. The summed E-state index contributed by atoms with van der Waals surface area (Å²) in [6, 6.07) is 11.7. The lowest BCUT2D eigenvalue weighted by atomic mass is 10.0. The van der Waals surface area contributed by atoms with E-state index in [-0.39, 0.29) is 5.56 Å². The molecule has 1 aliphatic heterocycles. The van der Waals surface area contributed by atoms with Crippen molar-refractivity contribution in [2.75, 3.05) is 27.9 Å². The number of benzene rings is 2. The van der Waals surface area contributed by atoms with E-state index in [9.17, 15) is 9.59 Å². The van der Waals surface area contributed by atoms with Gasteiger partial charge in [-0.15, -0.1) is 0 Å². The Bertz CT molecular complexity index is 1590. The summed E-state index contributed by atoms with van der Waals surface area (Å²) in [6.07, 6.45) is -0.578. The third-order valence-corrected chi connectivity index (χ3v) is 6.83. The van der Waals surface area contributed by atoms with Crippen molar-refractivity contribution in [2.24, 2.45) is 14.1 Å². The molecule has 0 amide bonds. The molecule has 0 aliphatic carbocycles. The maximum atomic E-state index is 13.6. The summed E-state index contributed by atoms with van der Waals surface area (Å²) in [5, 5.41) is 0.489. The lowest BCUT2D eigenvalue weighted by molar-refractivity contribution is 0.0475. The molecule has 3 heterocycles. The Morgan fingerprint density at radius 1 is 0.944 bits per heavy atom. The van der Waals surface area contributed by atoms with Crippen LogP contribution in [0.15, 0.2) is 46.0 Å². The molecule has 5 rings (SSSR count). The van der Waals surface area contributed by atoms with Gasteiger partial charge in [0.1, 0.15) is 6.10 Å². The van der Waals surface area contributed by atoms with Gasteiger partial charge >= 0.3 is 5.69 Å². The van der Waals surface area contributed by atoms with Gasteiger partial charge in [-0.1, -0.05) is 23.8 Å². The number of hydrogen-bond donors (Lipinski definition) is 0. The second kappa shape index (κ2) is 8.91. The van der Waals surface area contributed by atoms with Crippen molar-refractivity contribution in [2.45, 2.75) is 19.6 Å². The Hall–Kier alpha value is -3.98. The molecule has 4 aromatic rings. The average Bonchev–Trinajstić information content (AvgIpc) is 3.25. The minimum atomic E-state index is -0.578. The highest BCUT2D eigenvalue weighted by Gasteiger charge is 2.34. The molecular formula is C27H29N3O6. The topological polar surface area (TPSA) is 85.9 Å². The molecule has 9 nitrogen and oxygen atoms in total. The fourth-order valence-electron chi connectivity index (χ4n) is 5.18. The predicted molar refractivity (Wildman–Crippen MR) is 136 cm³/mol. The average molecular weight is 492 g/mol. The van der Waals surface area contributed by atoms with Gasteiger partial charge < -0.3 is 23.5 Å². The lowest BCUT2D eigenvalue weighted by Gasteiger charge is -2.28. The number of hydrogen-bond acceptors (Lipinski definition) is 6. The van der Waals surface area contributed by atoms with Gasteiger partial charge in [-0.3, -0.25) is 13.9 Å². The molecule has 2 aromatic heterocycles. The van der Waals surface area contributed by atoms with E-state index >= 15 is 0 Å². The van der Waals surface area contributed by atoms with Gasteiger partial charge in [0.25, 0.3) is 5.56 Å². The number of aryl methyl sites for hydroxylation is 2. The highest BCUT2D eigenvalue weighted by Crippen LogP contribution is 2.45. The highest BCUT2D eigenvalue weighted by molar-refractivity contribution is 5.96. The van der Waals surface area contributed by atoms with E-state index in [4.69, 9.17) is 18.9 Å². The Kier molecular flexibility index (Phi) is 5.88. The monoisotopic (exact) mass is 491 g/mol. The van der Waals surface area contributed by atoms with Crippen molar-refractivity contribution in [1.82, 2.24) is 13.7 Å².